The third kappa shape index (κ3) is 1.82. The quantitative estimate of drug-likeness (QED) is 0.848. The molecule has 1 saturated carbocycles. The Morgan fingerprint density at radius 2 is 2.06 bits per heavy atom. The lowest BCUT2D eigenvalue weighted by Crippen LogP contribution is -2.31. The molecule has 2 heteroatoms. The van der Waals surface area contributed by atoms with Gasteiger partial charge >= 0.3 is 0 Å². The maximum absolute atomic E-state index is 5.79. The molecule has 0 bridgehead atoms. The van der Waals surface area contributed by atoms with E-state index in [0.717, 1.165) is 12.3 Å². The molecule has 0 spiro atoms. The zero-order valence-corrected chi connectivity index (χ0v) is 10.4. The molecule has 0 radical (unpaired) electrons. The van der Waals surface area contributed by atoms with Crippen LogP contribution >= 0.6 is 0 Å². The smallest absolute Gasteiger partial charge is 0.122 e. The summed E-state index contributed by atoms with van der Waals surface area (Å²) < 4.78 is 5.52. The van der Waals surface area contributed by atoms with Crippen molar-refractivity contribution in [3.63, 3.8) is 0 Å². The highest BCUT2D eigenvalue weighted by atomic mass is 16.5. The van der Waals surface area contributed by atoms with Crippen molar-refractivity contribution in [3.05, 3.63) is 28.8 Å². The molecule has 0 amide bonds. The molecule has 2 atom stereocenters. The van der Waals surface area contributed by atoms with Crippen LogP contribution in [0, 0.1) is 19.8 Å². The minimum absolute atomic E-state index is 0.612. The summed E-state index contributed by atoms with van der Waals surface area (Å²) in [7, 11) is 1.76. The van der Waals surface area contributed by atoms with E-state index in [-0.39, 0.29) is 0 Å². The number of rotatable bonds is 3. The summed E-state index contributed by atoms with van der Waals surface area (Å²) in [5.74, 6) is 2.30. The van der Waals surface area contributed by atoms with E-state index >= 15 is 0 Å². The van der Waals surface area contributed by atoms with Crippen LogP contribution in [0.2, 0.25) is 0 Å². The van der Waals surface area contributed by atoms with Crippen LogP contribution in [0.4, 0.5) is 0 Å². The zero-order valence-electron chi connectivity index (χ0n) is 10.4. The van der Waals surface area contributed by atoms with Gasteiger partial charge in [-0.1, -0.05) is 6.07 Å². The van der Waals surface area contributed by atoms with Crippen molar-refractivity contribution in [2.75, 3.05) is 13.7 Å². The molecule has 1 aliphatic carbocycles. The fourth-order valence-corrected chi connectivity index (χ4v) is 2.82. The van der Waals surface area contributed by atoms with Gasteiger partial charge in [-0.3, -0.25) is 0 Å². The van der Waals surface area contributed by atoms with Gasteiger partial charge in [-0.15, -0.1) is 0 Å². The molecule has 88 valence electrons. The van der Waals surface area contributed by atoms with Gasteiger partial charge in [0.2, 0.25) is 0 Å². The molecule has 16 heavy (non-hydrogen) atoms. The molecule has 2 N–H and O–H groups in total. The van der Waals surface area contributed by atoms with Crippen LogP contribution in [-0.4, -0.2) is 13.7 Å². The van der Waals surface area contributed by atoms with E-state index in [4.69, 9.17) is 10.5 Å². The maximum atomic E-state index is 5.79. The molecule has 2 rings (SSSR count). The second-order valence-corrected chi connectivity index (χ2v) is 4.88. The SMILES string of the molecule is COc1cc(C)cc(C)c1C1CCC1CN. The summed E-state index contributed by atoms with van der Waals surface area (Å²) in [5, 5.41) is 0. The van der Waals surface area contributed by atoms with Gasteiger partial charge < -0.3 is 10.5 Å². The average Bonchev–Trinajstić information content (AvgIpc) is 2.20. The minimum Gasteiger partial charge on any atom is -0.496 e. The minimum atomic E-state index is 0.612. The first-order valence-electron chi connectivity index (χ1n) is 6.02. The molecule has 0 aliphatic heterocycles. The van der Waals surface area contributed by atoms with E-state index in [1.807, 2.05) is 0 Å². The Morgan fingerprint density at radius 3 is 2.56 bits per heavy atom. The van der Waals surface area contributed by atoms with Crippen LogP contribution in [0.1, 0.15) is 35.4 Å². The Balaban J connectivity index is 2.39. The molecular formula is C14H21NO. The summed E-state index contributed by atoms with van der Waals surface area (Å²) in [4.78, 5) is 0. The number of hydrogen-bond donors (Lipinski definition) is 1. The standard InChI is InChI=1S/C14H21NO/c1-9-6-10(2)14(13(7-9)16-3)12-5-4-11(12)8-15/h6-7,11-12H,4-5,8,15H2,1-3H3. The number of methoxy groups -OCH3 is 1. The lowest BCUT2D eigenvalue weighted by Gasteiger charge is -2.38. The second-order valence-electron chi connectivity index (χ2n) is 4.88. The predicted octanol–water partition coefficient (Wildman–Crippen LogP) is 2.76. The topological polar surface area (TPSA) is 35.2 Å². The van der Waals surface area contributed by atoms with Crippen molar-refractivity contribution in [2.45, 2.75) is 32.6 Å². The normalized spacial score (nSPS) is 24.0. The molecule has 1 aromatic rings. The number of aryl methyl sites for hydroxylation is 2. The van der Waals surface area contributed by atoms with Gasteiger partial charge in [0.05, 0.1) is 7.11 Å². The molecule has 0 saturated heterocycles. The summed E-state index contributed by atoms with van der Waals surface area (Å²) in [5.41, 5.74) is 9.79. The number of ether oxygens (including phenoxy) is 1. The van der Waals surface area contributed by atoms with Gasteiger partial charge in [-0.25, -0.2) is 0 Å². The van der Waals surface area contributed by atoms with Crippen molar-refractivity contribution >= 4 is 0 Å². The van der Waals surface area contributed by atoms with Crippen LogP contribution in [0.5, 0.6) is 5.75 Å². The predicted molar refractivity (Wildman–Crippen MR) is 67.0 cm³/mol. The van der Waals surface area contributed by atoms with Crippen molar-refractivity contribution in [3.8, 4) is 5.75 Å². The van der Waals surface area contributed by atoms with Crippen molar-refractivity contribution in [2.24, 2.45) is 11.7 Å². The lowest BCUT2D eigenvalue weighted by molar-refractivity contribution is 0.255. The first-order chi connectivity index (χ1) is 7.67. The van der Waals surface area contributed by atoms with Crippen LogP contribution in [0.25, 0.3) is 0 Å². The highest BCUT2D eigenvalue weighted by Gasteiger charge is 2.33. The molecule has 0 heterocycles. The number of hydrogen-bond acceptors (Lipinski definition) is 2. The van der Waals surface area contributed by atoms with Crippen molar-refractivity contribution < 1.29 is 4.74 Å². The van der Waals surface area contributed by atoms with Gasteiger partial charge in [0.1, 0.15) is 5.75 Å². The van der Waals surface area contributed by atoms with Crippen molar-refractivity contribution in [1.82, 2.24) is 0 Å². The molecular weight excluding hydrogens is 198 g/mol. The third-order valence-electron chi connectivity index (χ3n) is 3.80. The summed E-state index contributed by atoms with van der Waals surface area (Å²) in [6.07, 6.45) is 2.51. The highest BCUT2D eigenvalue weighted by molar-refractivity contribution is 5.46. The van der Waals surface area contributed by atoms with Crippen LogP contribution in [0.3, 0.4) is 0 Å². The summed E-state index contributed by atoms with van der Waals surface area (Å²) >= 11 is 0. The lowest BCUT2D eigenvalue weighted by atomic mass is 9.68. The van der Waals surface area contributed by atoms with Gasteiger partial charge in [-0.05, 0) is 62.3 Å². The highest BCUT2D eigenvalue weighted by Crippen LogP contribution is 2.46. The largest absolute Gasteiger partial charge is 0.496 e. The van der Waals surface area contributed by atoms with Crippen LogP contribution in [0.15, 0.2) is 12.1 Å². The van der Waals surface area contributed by atoms with E-state index in [0.29, 0.717) is 11.8 Å². The Bertz CT molecular complexity index is 385. The van der Waals surface area contributed by atoms with Gasteiger partial charge in [0, 0.05) is 5.56 Å². The fourth-order valence-electron chi connectivity index (χ4n) is 2.82. The van der Waals surface area contributed by atoms with Crippen molar-refractivity contribution in [1.29, 1.82) is 0 Å². The van der Waals surface area contributed by atoms with E-state index < -0.39 is 0 Å². The fraction of sp³-hybridized carbons (Fsp3) is 0.571. The molecule has 2 unspecified atom stereocenters. The van der Waals surface area contributed by atoms with E-state index in [1.54, 1.807) is 7.11 Å². The Kier molecular flexibility index (Phi) is 3.20. The number of benzene rings is 1. The third-order valence-corrected chi connectivity index (χ3v) is 3.80. The first-order valence-corrected chi connectivity index (χ1v) is 6.02. The first kappa shape index (κ1) is 11.5. The molecule has 2 nitrogen and oxygen atoms in total. The van der Waals surface area contributed by atoms with E-state index in [1.165, 1.54) is 29.5 Å². The monoisotopic (exact) mass is 219 g/mol. The Hall–Kier alpha value is -1.02. The van der Waals surface area contributed by atoms with Crippen LogP contribution in [-0.2, 0) is 0 Å². The molecule has 0 aromatic heterocycles. The molecule has 1 aliphatic rings. The molecule has 1 fully saturated rings. The van der Waals surface area contributed by atoms with Gasteiger partial charge in [0.25, 0.3) is 0 Å². The maximum Gasteiger partial charge on any atom is 0.122 e. The van der Waals surface area contributed by atoms with E-state index in [2.05, 4.69) is 26.0 Å². The molecule has 1 aromatic carbocycles. The Morgan fingerprint density at radius 1 is 1.31 bits per heavy atom. The van der Waals surface area contributed by atoms with Gasteiger partial charge in [0.15, 0.2) is 0 Å². The van der Waals surface area contributed by atoms with Gasteiger partial charge in [-0.2, -0.15) is 0 Å². The zero-order chi connectivity index (χ0) is 11.7. The average molecular weight is 219 g/mol. The van der Waals surface area contributed by atoms with E-state index in [9.17, 15) is 0 Å². The summed E-state index contributed by atoms with van der Waals surface area (Å²) in [6, 6.07) is 4.37. The van der Waals surface area contributed by atoms with Crippen LogP contribution < -0.4 is 10.5 Å². The number of nitrogens with two attached hydrogens (primary N) is 1. The Labute approximate surface area is 97.8 Å². The summed E-state index contributed by atoms with van der Waals surface area (Å²) in [6.45, 7) is 5.08. The second kappa shape index (κ2) is 4.46.